The fourth-order valence-electron chi connectivity index (χ4n) is 2.90. The highest BCUT2D eigenvalue weighted by molar-refractivity contribution is 5.92. The third kappa shape index (κ3) is 3.22. The van der Waals surface area contributed by atoms with Gasteiger partial charge in [-0.15, -0.1) is 0 Å². The number of nitrogens with zero attached hydrogens (tertiary/aromatic N) is 2. The molecule has 3 rings (SSSR count). The van der Waals surface area contributed by atoms with E-state index in [0.717, 1.165) is 23.5 Å². The molecule has 0 unspecified atom stereocenters. The average Bonchev–Trinajstić information content (AvgIpc) is 3.01. The molecule has 128 valence electrons. The predicted octanol–water partition coefficient (Wildman–Crippen LogP) is 2.98. The number of benzene rings is 1. The van der Waals surface area contributed by atoms with E-state index in [4.69, 9.17) is 14.0 Å². The van der Waals surface area contributed by atoms with Crippen LogP contribution in [0.2, 0.25) is 0 Å². The van der Waals surface area contributed by atoms with Gasteiger partial charge in [0, 0.05) is 19.2 Å². The minimum absolute atomic E-state index is 0.107. The van der Waals surface area contributed by atoms with E-state index < -0.39 is 0 Å². The Balaban J connectivity index is 1.84. The standard InChI is InChI=1S/C18H22N2O4/c1-4-22-16-9-13-6-7-20(11-14(13)10-17(16)23-5-2)18(21)15-8-12(3)24-19-15/h8-10H,4-7,11H2,1-3H3. The van der Waals surface area contributed by atoms with E-state index in [0.29, 0.717) is 37.8 Å². The average molecular weight is 330 g/mol. The lowest BCUT2D eigenvalue weighted by atomic mass is 9.98. The third-order valence-corrected chi connectivity index (χ3v) is 4.01. The second kappa shape index (κ2) is 6.95. The number of fused-ring (bicyclic) bond motifs is 1. The quantitative estimate of drug-likeness (QED) is 0.843. The molecule has 1 aliphatic heterocycles. The molecule has 2 aromatic rings. The number of carbonyl (C=O) groups is 1. The van der Waals surface area contributed by atoms with Gasteiger partial charge in [0.25, 0.3) is 5.91 Å². The number of amides is 1. The summed E-state index contributed by atoms with van der Waals surface area (Å²) in [5.74, 6) is 2.02. The lowest BCUT2D eigenvalue weighted by Crippen LogP contribution is -2.36. The van der Waals surface area contributed by atoms with Crippen LogP contribution in [0.25, 0.3) is 0 Å². The molecule has 24 heavy (non-hydrogen) atoms. The van der Waals surface area contributed by atoms with E-state index in [9.17, 15) is 4.79 Å². The molecule has 0 fully saturated rings. The van der Waals surface area contributed by atoms with Crippen molar-refractivity contribution >= 4 is 5.91 Å². The second-order valence-electron chi connectivity index (χ2n) is 5.73. The Kier molecular flexibility index (Phi) is 4.74. The van der Waals surface area contributed by atoms with Crippen molar-refractivity contribution in [2.45, 2.75) is 33.7 Å². The first-order chi connectivity index (χ1) is 11.6. The molecule has 1 aromatic carbocycles. The van der Waals surface area contributed by atoms with Crippen molar-refractivity contribution in [2.75, 3.05) is 19.8 Å². The Bertz CT molecular complexity index is 739. The fourth-order valence-corrected chi connectivity index (χ4v) is 2.90. The first-order valence-electron chi connectivity index (χ1n) is 8.26. The molecule has 1 aliphatic rings. The molecule has 6 heteroatoms. The van der Waals surface area contributed by atoms with Gasteiger partial charge in [0.2, 0.25) is 0 Å². The molecule has 1 amide bonds. The van der Waals surface area contributed by atoms with Crippen molar-refractivity contribution < 1.29 is 18.8 Å². The number of hydrogen-bond acceptors (Lipinski definition) is 5. The zero-order chi connectivity index (χ0) is 17.1. The van der Waals surface area contributed by atoms with E-state index in [-0.39, 0.29) is 5.91 Å². The number of aromatic nitrogens is 1. The van der Waals surface area contributed by atoms with Crippen LogP contribution in [0.15, 0.2) is 22.7 Å². The van der Waals surface area contributed by atoms with Crippen molar-refractivity contribution in [2.24, 2.45) is 0 Å². The van der Waals surface area contributed by atoms with Gasteiger partial charge < -0.3 is 18.9 Å². The second-order valence-corrected chi connectivity index (χ2v) is 5.73. The molecule has 6 nitrogen and oxygen atoms in total. The highest BCUT2D eigenvalue weighted by Crippen LogP contribution is 2.34. The molecule has 2 heterocycles. The molecule has 0 radical (unpaired) electrons. The Hall–Kier alpha value is -2.50. The molecule has 1 aromatic heterocycles. The first-order valence-corrected chi connectivity index (χ1v) is 8.26. The van der Waals surface area contributed by atoms with Crippen LogP contribution in [0.5, 0.6) is 11.5 Å². The largest absolute Gasteiger partial charge is 0.490 e. The zero-order valence-corrected chi connectivity index (χ0v) is 14.3. The topological polar surface area (TPSA) is 64.8 Å². The van der Waals surface area contributed by atoms with Gasteiger partial charge in [-0.05, 0) is 50.5 Å². The van der Waals surface area contributed by atoms with Gasteiger partial charge in [0.15, 0.2) is 17.2 Å². The molecule has 0 N–H and O–H groups in total. The Labute approximate surface area is 141 Å². The first kappa shape index (κ1) is 16.4. The van der Waals surface area contributed by atoms with Crippen LogP contribution >= 0.6 is 0 Å². The van der Waals surface area contributed by atoms with E-state index >= 15 is 0 Å². The van der Waals surface area contributed by atoms with Crippen LogP contribution < -0.4 is 9.47 Å². The van der Waals surface area contributed by atoms with Crippen LogP contribution in [0.4, 0.5) is 0 Å². The van der Waals surface area contributed by atoms with E-state index in [2.05, 4.69) is 5.16 Å². The maximum Gasteiger partial charge on any atom is 0.276 e. The molecular formula is C18H22N2O4. The van der Waals surface area contributed by atoms with Gasteiger partial charge in [-0.25, -0.2) is 0 Å². The maximum atomic E-state index is 12.6. The van der Waals surface area contributed by atoms with Gasteiger partial charge in [-0.2, -0.15) is 0 Å². The van der Waals surface area contributed by atoms with Gasteiger partial charge in [0.1, 0.15) is 5.76 Å². The predicted molar refractivity (Wildman–Crippen MR) is 88.5 cm³/mol. The number of carbonyl (C=O) groups excluding carboxylic acids is 1. The molecular weight excluding hydrogens is 308 g/mol. The van der Waals surface area contributed by atoms with Crippen LogP contribution in [-0.4, -0.2) is 35.7 Å². The van der Waals surface area contributed by atoms with Gasteiger partial charge in [0.05, 0.1) is 13.2 Å². The van der Waals surface area contributed by atoms with Crippen LogP contribution in [0.3, 0.4) is 0 Å². The van der Waals surface area contributed by atoms with Gasteiger partial charge in [-0.1, -0.05) is 5.16 Å². The van der Waals surface area contributed by atoms with Crippen LogP contribution in [-0.2, 0) is 13.0 Å². The minimum Gasteiger partial charge on any atom is -0.490 e. The van der Waals surface area contributed by atoms with Crippen molar-refractivity contribution in [3.8, 4) is 11.5 Å². The fraction of sp³-hybridized carbons (Fsp3) is 0.444. The SMILES string of the molecule is CCOc1cc2c(cc1OCC)CN(C(=O)c1cc(C)on1)CC2. The Morgan fingerprint density at radius 2 is 1.83 bits per heavy atom. The molecule has 0 spiro atoms. The summed E-state index contributed by atoms with van der Waals surface area (Å²) in [6.45, 7) is 8.02. The monoisotopic (exact) mass is 330 g/mol. The van der Waals surface area contributed by atoms with Crippen molar-refractivity contribution in [1.29, 1.82) is 0 Å². The van der Waals surface area contributed by atoms with Crippen LogP contribution in [0, 0.1) is 6.92 Å². The molecule has 0 saturated carbocycles. The van der Waals surface area contributed by atoms with E-state index in [1.807, 2.05) is 26.0 Å². The lowest BCUT2D eigenvalue weighted by Gasteiger charge is -2.29. The zero-order valence-electron chi connectivity index (χ0n) is 14.3. The molecule has 0 aliphatic carbocycles. The normalized spacial score (nSPS) is 13.5. The van der Waals surface area contributed by atoms with Gasteiger partial charge in [-0.3, -0.25) is 4.79 Å². The summed E-state index contributed by atoms with van der Waals surface area (Å²) in [7, 11) is 0. The van der Waals surface area contributed by atoms with Crippen molar-refractivity contribution in [3.63, 3.8) is 0 Å². The molecule has 0 saturated heterocycles. The summed E-state index contributed by atoms with van der Waals surface area (Å²) in [6, 6.07) is 5.69. The number of ether oxygens (including phenoxy) is 2. The molecule has 0 atom stereocenters. The third-order valence-electron chi connectivity index (χ3n) is 4.01. The minimum atomic E-state index is -0.107. The summed E-state index contributed by atoms with van der Waals surface area (Å²) in [5.41, 5.74) is 2.64. The number of aryl methyl sites for hydroxylation is 1. The Morgan fingerprint density at radius 3 is 2.42 bits per heavy atom. The van der Waals surface area contributed by atoms with E-state index in [1.54, 1.807) is 17.9 Å². The van der Waals surface area contributed by atoms with Crippen molar-refractivity contribution in [1.82, 2.24) is 10.1 Å². The van der Waals surface area contributed by atoms with Crippen molar-refractivity contribution in [3.05, 3.63) is 40.8 Å². The Morgan fingerprint density at radius 1 is 1.17 bits per heavy atom. The summed E-state index contributed by atoms with van der Waals surface area (Å²) in [4.78, 5) is 14.3. The van der Waals surface area contributed by atoms with Crippen LogP contribution in [0.1, 0.15) is 41.2 Å². The van der Waals surface area contributed by atoms with E-state index in [1.165, 1.54) is 5.56 Å². The summed E-state index contributed by atoms with van der Waals surface area (Å²) in [6.07, 6.45) is 0.782. The highest BCUT2D eigenvalue weighted by Gasteiger charge is 2.25. The summed E-state index contributed by atoms with van der Waals surface area (Å²) in [5, 5.41) is 3.82. The highest BCUT2D eigenvalue weighted by atomic mass is 16.5. The summed E-state index contributed by atoms with van der Waals surface area (Å²) < 4.78 is 16.4. The maximum absolute atomic E-state index is 12.6. The lowest BCUT2D eigenvalue weighted by molar-refractivity contribution is 0.0723. The number of rotatable bonds is 5. The summed E-state index contributed by atoms with van der Waals surface area (Å²) >= 11 is 0. The van der Waals surface area contributed by atoms with Gasteiger partial charge >= 0.3 is 0 Å². The molecule has 0 bridgehead atoms. The smallest absolute Gasteiger partial charge is 0.276 e. The number of hydrogen-bond donors (Lipinski definition) is 0.